The van der Waals surface area contributed by atoms with E-state index in [1.807, 2.05) is 12.1 Å². The van der Waals surface area contributed by atoms with Crippen molar-refractivity contribution < 1.29 is 4.74 Å². The zero-order valence-corrected chi connectivity index (χ0v) is 15.7. The maximum absolute atomic E-state index is 5.87. The summed E-state index contributed by atoms with van der Waals surface area (Å²) in [7, 11) is 0. The van der Waals surface area contributed by atoms with Gasteiger partial charge >= 0.3 is 0 Å². The van der Waals surface area contributed by atoms with Crippen molar-refractivity contribution in [3.63, 3.8) is 0 Å². The van der Waals surface area contributed by atoms with Gasteiger partial charge in [0.1, 0.15) is 5.52 Å². The van der Waals surface area contributed by atoms with Gasteiger partial charge in [-0.15, -0.1) is 0 Å². The topological polar surface area (TPSA) is 77.2 Å². The largest absolute Gasteiger partial charge is 0.379 e. The van der Waals surface area contributed by atoms with Crippen molar-refractivity contribution in [2.75, 3.05) is 32.0 Å². The molecule has 0 radical (unpaired) electrons. The summed E-state index contributed by atoms with van der Waals surface area (Å²) in [5.74, 6) is 0.313. The zero-order valence-electron chi connectivity index (χ0n) is 15.7. The molecule has 1 fully saturated rings. The molecule has 3 heterocycles. The number of hydrogen-bond donors (Lipinski definition) is 1. The first kappa shape index (κ1) is 17.8. The fourth-order valence-electron chi connectivity index (χ4n) is 3.56. The van der Waals surface area contributed by atoms with Crippen molar-refractivity contribution >= 4 is 17.0 Å². The minimum absolute atomic E-state index is 0.313. The molecule has 6 heteroatoms. The molecule has 1 saturated heterocycles. The molecular weight excluding hydrogens is 338 g/mol. The number of hydrogen-bond acceptors (Lipinski definition) is 6. The van der Waals surface area contributed by atoms with Crippen LogP contribution >= 0.6 is 0 Å². The quantitative estimate of drug-likeness (QED) is 0.751. The SMILES string of the molecule is CCCc1nc(N)nc2ccc(-c3ccccc3CN3CCOCC3)nc12. The molecule has 2 N–H and O–H groups in total. The van der Waals surface area contributed by atoms with Gasteiger partial charge in [-0.2, -0.15) is 0 Å². The molecule has 0 saturated carbocycles. The number of benzene rings is 1. The van der Waals surface area contributed by atoms with E-state index < -0.39 is 0 Å². The highest BCUT2D eigenvalue weighted by Crippen LogP contribution is 2.26. The summed E-state index contributed by atoms with van der Waals surface area (Å²) in [5.41, 5.74) is 11.8. The number of pyridine rings is 1. The van der Waals surface area contributed by atoms with Crippen LogP contribution in [0.1, 0.15) is 24.6 Å². The summed E-state index contributed by atoms with van der Waals surface area (Å²) in [4.78, 5) is 16.1. The molecule has 1 aromatic carbocycles. The molecule has 0 spiro atoms. The van der Waals surface area contributed by atoms with Gasteiger partial charge < -0.3 is 10.5 Å². The Morgan fingerprint density at radius 1 is 1.04 bits per heavy atom. The van der Waals surface area contributed by atoms with Crippen LogP contribution in [0.25, 0.3) is 22.3 Å². The number of nitrogens with zero attached hydrogens (tertiary/aromatic N) is 4. The Hall–Kier alpha value is -2.57. The predicted molar refractivity (Wildman–Crippen MR) is 107 cm³/mol. The zero-order chi connectivity index (χ0) is 18.6. The molecule has 0 bridgehead atoms. The average Bonchev–Trinajstić information content (AvgIpc) is 2.69. The Kier molecular flexibility index (Phi) is 5.27. The van der Waals surface area contributed by atoms with Crippen LogP contribution in [-0.4, -0.2) is 46.2 Å². The highest BCUT2D eigenvalue weighted by Gasteiger charge is 2.15. The van der Waals surface area contributed by atoms with Crippen LogP contribution in [0.15, 0.2) is 36.4 Å². The third-order valence-corrected chi connectivity index (χ3v) is 4.91. The van der Waals surface area contributed by atoms with Gasteiger partial charge in [0.05, 0.1) is 30.1 Å². The van der Waals surface area contributed by atoms with Gasteiger partial charge in [0.15, 0.2) is 0 Å². The van der Waals surface area contributed by atoms with E-state index in [0.717, 1.165) is 73.7 Å². The number of rotatable bonds is 5. The minimum Gasteiger partial charge on any atom is -0.379 e. The van der Waals surface area contributed by atoms with Crippen molar-refractivity contribution in [1.29, 1.82) is 0 Å². The van der Waals surface area contributed by atoms with E-state index in [2.05, 4.69) is 46.1 Å². The summed E-state index contributed by atoms with van der Waals surface area (Å²) >= 11 is 0. The molecular formula is C21H25N5O. The molecule has 0 aliphatic carbocycles. The lowest BCUT2D eigenvalue weighted by Crippen LogP contribution is -2.35. The Labute approximate surface area is 159 Å². The molecule has 4 rings (SSSR count). The number of aryl methyl sites for hydroxylation is 1. The summed E-state index contributed by atoms with van der Waals surface area (Å²) in [6.45, 7) is 6.57. The van der Waals surface area contributed by atoms with Crippen molar-refractivity contribution in [3.05, 3.63) is 47.7 Å². The number of nitrogen functional groups attached to an aromatic ring is 1. The maximum atomic E-state index is 5.87. The molecule has 1 aliphatic rings. The fourth-order valence-corrected chi connectivity index (χ4v) is 3.56. The Balaban J connectivity index is 1.73. The molecule has 2 aromatic heterocycles. The van der Waals surface area contributed by atoms with E-state index >= 15 is 0 Å². The van der Waals surface area contributed by atoms with Crippen LogP contribution in [-0.2, 0) is 17.7 Å². The van der Waals surface area contributed by atoms with E-state index in [1.54, 1.807) is 0 Å². The van der Waals surface area contributed by atoms with Crippen molar-refractivity contribution in [1.82, 2.24) is 19.9 Å². The first-order chi connectivity index (χ1) is 13.2. The van der Waals surface area contributed by atoms with Crippen molar-refractivity contribution in [2.24, 2.45) is 0 Å². The second-order valence-corrected chi connectivity index (χ2v) is 6.89. The van der Waals surface area contributed by atoms with Gasteiger partial charge in [0.2, 0.25) is 5.95 Å². The van der Waals surface area contributed by atoms with Crippen molar-refractivity contribution in [3.8, 4) is 11.3 Å². The molecule has 1 aliphatic heterocycles. The number of anilines is 1. The average molecular weight is 363 g/mol. The highest BCUT2D eigenvalue weighted by molar-refractivity contribution is 5.81. The molecule has 0 amide bonds. The second-order valence-electron chi connectivity index (χ2n) is 6.89. The summed E-state index contributed by atoms with van der Waals surface area (Å²) in [6, 6.07) is 12.5. The summed E-state index contributed by atoms with van der Waals surface area (Å²) in [5, 5.41) is 0. The lowest BCUT2D eigenvalue weighted by molar-refractivity contribution is 0.0342. The van der Waals surface area contributed by atoms with Gasteiger partial charge in [-0.05, 0) is 24.1 Å². The lowest BCUT2D eigenvalue weighted by Gasteiger charge is -2.27. The molecule has 3 aromatic rings. The Morgan fingerprint density at radius 2 is 1.85 bits per heavy atom. The Bertz CT molecular complexity index is 937. The number of morpholine rings is 1. The molecule has 6 nitrogen and oxygen atoms in total. The van der Waals surface area contributed by atoms with Gasteiger partial charge in [-0.25, -0.2) is 15.0 Å². The smallest absolute Gasteiger partial charge is 0.220 e. The van der Waals surface area contributed by atoms with Gasteiger partial charge in [0, 0.05) is 25.2 Å². The van der Waals surface area contributed by atoms with Crippen LogP contribution in [0.2, 0.25) is 0 Å². The molecule has 140 valence electrons. The van der Waals surface area contributed by atoms with Gasteiger partial charge in [-0.1, -0.05) is 37.6 Å². The monoisotopic (exact) mass is 363 g/mol. The van der Waals surface area contributed by atoms with Gasteiger partial charge in [0.25, 0.3) is 0 Å². The lowest BCUT2D eigenvalue weighted by atomic mass is 10.0. The van der Waals surface area contributed by atoms with Crippen LogP contribution in [0.4, 0.5) is 5.95 Å². The number of aromatic nitrogens is 3. The van der Waals surface area contributed by atoms with Gasteiger partial charge in [-0.3, -0.25) is 4.90 Å². The van der Waals surface area contributed by atoms with Crippen LogP contribution in [0.5, 0.6) is 0 Å². The first-order valence-corrected chi connectivity index (χ1v) is 9.56. The second kappa shape index (κ2) is 7.98. The van der Waals surface area contributed by atoms with E-state index in [-0.39, 0.29) is 0 Å². The minimum atomic E-state index is 0.313. The fraction of sp³-hybridized carbons (Fsp3) is 0.381. The van der Waals surface area contributed by atoms with E-state index in [9.17, 15) is 0 Å². The van der Waals surface area contributed by atoms with E-state index in [0.29, 0.717) is 5.95 Å². The summed E-state index contributed by atoms with van der Waals surface area (Å²) in [6.07, 6.45) is 1.83. The predicted octanol–water partition coefficient (Wildman–Crippen LogP) is 3.06. The number of ether oxygens (including phenoxy) is 1. The third kappa shape index (κ3) is 3.91. The summed E-state index contributed by atoms with van der Waals surface area (Å²) < 4.78 is 5.47. The molecule has 0 unspecified atom stereocenters. The van der Waals surface area contributed by atoms with Crippen molar-refractivity contribution in [2.45, 2.75) is 26.3 Å². The van der Waals surface area contributed by atoms with Crippen LogP contribution < -0.4 is 5.73 Å². The number of nitrogens with two attached hydrogens (primary N) is 1. The number of fused-ring (bicyclic) bond motifs is 1. The van der Waals surface area contributed by atoms with E-state index in [1.165, 1.54) is 5.56 Å². The third-order valence-electron chi connectivity index (χ3n) is 4.91. The van der Waals surface area contributed by atoms with Crippen LogP contribution in [0, 0.1) is 0 Å². The standard InChI is InChI=1S/C21H25N5O/c1-2-5-18-20-19(25-21(22)24-18)9-8-17(23-20)16-7-4-3-6-15(16)14-26-10-12-27-13-11-26/h3-4,6-9H,2,5,10-14H2,1H3,(H2,22,24,25). The molecule has 27 heavy (non-hydrogen) atoms. The first-order valence-electron chi connectivity index (χ1n) is 9.56. The van der Waals surface area contributed by atoms with E-state index in [4.69, 9.17) is 15.5 Å². The van der Waals surface area contributed by atoms with Crippen LogP contribution in [0.3, 0.4) is 0 Å². The highest BCUT2D eigenvalue weighted by atomic mass is 16.5. The molecule has 0 atom stereocenters. The maximum Gasteiger partial charge on any atom is 0.220 e. The Morgan fingerprint density at radius 3 is 2.67 bits per heavy atom. The normalized spacial score (nSPS) is 15.3.